The van der Waals surface area contributed by atoms with Crippen LogP contribution in [-0.4, -0.2) is 35.8 Å². The minimum Gasteiger partial charge on any atom is -0.398 e. The molecule has 0 spiro atoms. The molecule has 18 heteroatoms. The van der Waals surface area contributed by atoms with Crippen LogP contribution in [0.2, 0.25) is 0 Å². The van der Waals surface area contributed by atoms with Gasteiger partial charge < -0.3 is 22.1 Å². The minimum atomic E-state index is -4.70. The van der Waals surface area contributed by atoms with Gasteiger partial charge in [0, 0.05) is 11.4 Å². The van der Waals surface area contributed by atoms with Gasteiger partial charge in [0.1, 0.15) is 21.2 Å². The molecule has 0 bridgehead atoms. The van der Waals surface area contributed by atoms with E-state index in [0.29, 0.717) is 0 Å². The van der Waals surface area contributed by atoms with E-state index in [1.54, 1.807) is 0 Å². The van der Waals surface area contributed by atoms with E-state index in [4.69, 9.17) is 11.5 Å². The number of nitrogens with one attached hydrogen (secondary N) is 2. The number of hydrogen-bond acceptors (Lipinski definition) is 12. The SMILES string of the molecule is Nc1ccc(Nc2ccc3c([N+](=O)[O-])c(Nc4ccc(N)c(S(=O)(=O)O)c4)ccc3c2[N+](=O)[O-])cc1S(=O)(=O)O. The van der Waals surface area contributed by atoms with Crippen molar-refractivity contribution in [3.8, 4) is 0 Å². The van der Waals surface area contributed by atoms with Gasteiger partial charge in [-0.1, -0.05) is 0 Å². The molecule has 0 heterocycles. The first-order valence-corrected chi connectivity index (χ1v) is 13.6. The summed E-state index contributed by atoms with van der Waals surface area (Å²) in [5.41, 5.74) is 9.17. The molecule has 4 aromatic rings. The number of fused-ring (bicyclic) bond motifs is 1. The number of benzene rings is 4. The van der Waals surface area contributed by atoms with Gasteiger partial charge in [-0.2, -0.15) is 16.8 Å². The first-order valence-electron chi connectivity index (χ1n) is 10.7. The van der Waals surface area contributed by atoms with Crippen molar-refractivity contribution in [1.82, 2.24) is 0 Å². The lowest BCUT2D eigenvalue weighted by atomic mass is 10.0. The summed E-state index contributed by atoms with van der Waals surface area (Å²) in [7, 11) is -9.41. The Bertz CT molecular complexity index is 1810. The van der Waals surface area contributed by atoms with Gasteiger partial charge in [0.05, 0.1) is 32.0 Å². The molecule has 40 heavy (non-hydrogen) atoms. The Morgan fingerprint density at radius 3 is 1.27 bits per heavy atom. The molecule has 0 aromatic heterocycles. The quantitative estimate of drug-likeness (QED) is 0.0737. The fourth-order valence-electron chi connectivity index (χ4n) is 3.95. The molecule has 4 rings (SSSR count). The van der Waals surface area contributed by atoms with E-state index in [1.807, 2.05) is 0 Å². The normalized spacial score (nSPS) is 11.8. The fraction of sp³-hybridized carbons (Fsp3) is 0. The highest BCUT2D eigenvalue weighted by Crippen LogP contribution is 2.43. The van der Waals surface area contributed by atoms with E-state index in [1.165, 1.54) is 36.4 Å². The van der Waals surface area contributed by atoms with Crippen LogP contribution in [-0.2, 0) is 20.2 Å². The zero-order chi connectivity index (χ0) is 29.6. The molecule has 0 aliphatic carbocycles. The lowest BCUT2D eigenvalue weighted by Gasteiger charge is -2.13. The number of nitrogen functional groups attached to an aromatic ring is 2. The highest BCUT2D eigenvalue weighted by molar-refractivity contribution is 7.86. The third-order valence-electron chi connectivity index (χ3n) is 5.65. The largest absolute Gasteiger partial charge is 0.398 e. The van der Waals surface area contributed by atoms with Gasteiger partial charge in [-0.05, 0) is 60.7 Å². The summed E-state index contributed by atoms with van der Waals surface area (Å²) in [5.74, 6) is 0. The first-order chi connectivity index (χ1) is 18.6. The monoisotopic (exact) mass is 590 g/mol. The molecular formula is C22H18N6O10S2. The molecule has 0 atom stereocenters. The zero-order valence-corrected chi connectivity index (χ0v) is 21.4. The summed E-state index contributed by atoms with van der Waals surface area (Å²) in [6.45, 7) is 0. The number of rotatable bonds is 8. The third-order valence-corrected chi connectivity index (χ3v) is 7.47. The van der Waals surface area contributed by atoms with Gasteiger partial charge >= 0.3 is 11.4 Å². The van der Waals surface area contributed by atoms with Crippen molar-refractivity contribution in [2.45, 2.75) is 9.79 Å². The first kappa shape index (κ1) is 28.0. The number of nitrogens with two attached hydrogens (primary N) is 2. The van der Waals surface area contributed by atoms with Crippen molar-refractivity contribution >= 4 is 76.5 Å². The maximum Gasteiger partial charge on any atom is 0.300 e. The maximum atomic E-state index is 12.1. The van der Waals surface area contributed by atoms with Crippen molar-refractivity contribution in [3.63, 3.8) is 0 Å². The molecular weight excluding hydrogens is 572 g/mol. The van der Waals surface area contributed by atoms with Gasteiger partial charge in [-0.25, -0.2) is 0 Å². The number of nitro benzene ring substituents is 2. The molecule has 208 valence electrons. The molecule has 4 aromatic carbocycles. The van der Waals surface area contributed by atoms with Gasteiger partial charge in [0.25, 0.3) is 20.2 Å². The summed E-state index contributed by atoms with van der Waals surface area (Å²) >= 11 is 0. The second-order valence-electron chi connectivity index (χ2n) is 8.24. The topological polar surface area (TPSA) is 271 Å². The van der Waals surface area contributed by atoms with Gasteiger partial charge in [-0.15, -0.1) is 0 Å². The summed E-state index contributed by atoms with van der Waals surface area (Å²) in [6.07, 6.45) is 0. The molecule has 0 aliphatic rings. The Morgan fingerprint density at radius 1 is 0.625 bits per heavy atom. The average molecular weight is 591 g/mol. The predicted octanol–water partition coefficient (Wildman–Crippen LogP) is 3.80. The van der Waals surface area contributed by atoms with Crippen molar-refractivity contribution in [2.24, 2.45) is 0 Å². The molecule has 0 saturated heterocycles. The van der Waals surface area contributed by atoms with Crippen LogP contribution in [0.3, 0.4) is 0 Å². The lowest BCUT2D eigenvalue weighted by Crippen LogP contribution is -2.05. The summed E-state index contributed by atoms with van der Waals surface area (Å²) in [4.78, 5) is 21.3. The van der Waals surface area contributed by atoms with Crippen LogP contribution in [0, 0.1) is 20.2 Å². The van der Waals surface area contributed by atoms with Crippen molar-refractivity contribution < 1.29 is 35.8 Å². The highest BCUT2D eigenvalue weighted by atomic mass is 32.2. The molecule has 0 aliphatic heterocycles. The van der Waals surface area contributed by atoms with Crippen LogP contribution in [0.15, 0.2) is 70.5 Å². The van der Waals surface area contributed by atoms with Crippen molar-refractivity contribution in [2.75, 3.05) is 22.1 Å². The molecule has 16 nitrogen and oxygen atoms in total. The zero-order valence-electron chi connectivity index (χ0n) is 19.8. The summed E-state index contributed by atoms with van der Waals surface area (Å²) < 4.78 is 65.0. The van der Waals surface area contributed by atoms with Crippen LogP contribution < -0.4 is 22.1 Å². The molecule has 0 fully saturated rings. The van der Waals surface area contributed by atoms with Crippen LogP contribution >= 0.6 is 0 Å². The predicted molar refractivity (Wildman–Crippen MR) is 145 cm³/mol. The van der Waals surface area contributed by atoms with E-state index >= 15 is 0 Å². The molecule has 0 radical (unpaired) electrons. The summed E-state index contributed by atoms with van der Waals surface area (Å²) in [5, 5.41) is 29.1. The van der Waals surface area contributed by atoms with Gasteiger partial charge in [0.2, 0.25) is 0 Å². The number of nitrogens with zero attached hydrogens (tertiary/aromatic N) is 2. The summed E-state index contributed by atoms with van der Waals surface area (Å²) in [6, 6.07) is 11.6. The Labute approximate surface area is 225 Å². The van der Waals surface area contributed by atoms with Crippen molar-refractivity contribution in [1.29, 1.82) is 0 Å². The van der Waals surface area contributed by atoms with Gasteiger partial charge in [-0.3, -0.25) is 29.3 Å². The standard InChI is InChI=1S/C22H18N6O10S2/c23-15-5-1-11(9-19(15)39(33,34)35)25-17-7-3-14-13(21(17)27(29)30)4-8-18(22(14)28(31)32)26-12-2-6-16(24)20(10-12)40(36,37)38/h1-10,25-26H,23-24H2,(H,33,34,35)(H,36,37,38). The Morgan fingerprint density at radius 2 is 0.975 bits per heavy atom. The number of nitro groups is 2. The Kier molecular flexibility index (Phi) is 6.94. The van der Waals surface area contributed by atoms with E-state index in [2.05, 4.69) is 10.6 Å². The Hall–Kier alpha value is -5.04. The second-order valence-corrected chi connectivity index (χ2v) is 11.0. The third kappa shape index (κ3) is 5.40. The van der Waals surface area contributed by atoms with Crippen LogP contribution in [0.4, 0.5) is 45.5 Å². The number of anilines is 6. The van der Waals surface area contributed by atoms with Crippen LogP contribution in [0.5, 0.6) is 0 Å². The minimum absolute atomic E-state index is 0.00931. The van der Waals surface area contributed by atoms with E-state index in [0.717, 1.165) is 24.3 Å². The highest BCUT2D eigenvalue weighted by Gasteiger charge is 2.27. The molecule has 0 saturated carbocycles. The van der Waals surface area contributed by atoms with Crippen molar-refractivity contribution in [3.05, 3.63) is 80.9 Å². The molecule has 0 amide bonds. The van der Waals surface area contributed by atoms with E-state index in [9.17, 15) is 46.2 Å². The Balaban J connectivity index is 1.85. The average Bonchev–Trinajstić information content (AvgIpc) is 2.84. The van der Waals surface area contributed by atoms with Gasteiger partial charge in [0.15, 0.2) is 0 Å². The van der Waals surface area contributed by atoms with E-state index in [-0.39, 0.29) is 44.9 Å². The molecule has 8 N–H and O–H groups in total. The van der Waals surface area contributed by atoms with Crippen LogP contribution in [0.1, 0.15) is 0 Å². The second kappa shape index (κ2) is 9.93. The lowest BCUT2D eigenvalue weighted by molar-refractivity contribution is -0.383. The maximum absolute atomic E-state index is 12.1. The van der Waals surface area contributed by atoms with Crippen LogP contribution in [0.25, 0.3) is 10.8 Å². The smallest absolute Gasteiger partial charge is 0.300 e. The molecule has 0 unspecified atom stereocenters. The van der Waals surface area contributed by atoms with E-state index < -0.39 is 51.2 Å². The number of hydrogen-bond donors (Lipinski definition) is 6. The fourth-order valence-corrected chi connectivity index (χ4v) is 5.23.